The van der Waals surface area contributed by atoms with Crippen LogP contribution in [0.15, 0.2) is 60.7 Å². The van der Waals surface area contributed by atoms with Crippen molar-refractivity contribution in [3.8, 4) is 5.75 Å². The monoisotopic (exact) mass is 570 g/mol. The van der Waals surface area contributed by atoms with Gasteiger partial charge in [0.2, 0.25) is 0 Å². The zero-order valence-electron chi connectivity index (χ0n) is 27.1. The SMILES string of the molecule is CCCCCCCCCCCCCCCCOc1ccc2cc(CCc3ccc(C(=O)C[C@H](C)CC)cc3)ccc2c1. The Morgan fingerprint density at radius 3 is 1.76 bits per heavy atom. The van der Waals surface area contributed by atoms with Gasteiger partial charge in [-0.3, -0.25) is 4.79 Å². The lowest BCUT2D eigenvalue weighted by molar-refractivity contribution is 0.0963. The molecule has 0 aromatic heterocycles. The Hall–Kier alpha value is -2.61. The van der Waals surface area contributed by atoms with Gasteiger partial charge in [-0.15, -0.1) is 0 Å². The van der Waals surface area contributed by atoms with Gasteiger partial charge in [-0.2, -0.15) is 0 Å². The van der Waals surface area contributed by atoms with Crippen LogP contribution in [0.2, 0.25) is 0 Å². The summed E-state index contributed by atoms with van der Waals surface area (Å²) in [6.45, 7) is 7.38. The molecule has 0 fully saturated rings. The van der Waals surface area contributed by atoms with Crippen molar-refractivity contribution in [2.24, 2.45) is 5.92 Å². The van der Waals surface area contributed by atoms with Crippen molar-refractivity contribution in [1.29, 1.82) is 0 Å². The number of carbonyl (C=O) groups excluding carboxylic acids is 1. The van der Waals surface area contributed by atoms with E-state index in [4.69, 9.17) is 4.74 Å². The van der Waals surface area contributed by atoms with Crippen molar-refractivity contribution in [2.75, 3.05) is 6.61 Å². The van der Waals surface area contributed by atoms with Crippen molar-refractivity contribution >= 4 is 16.6 Å². The van der Waals surface area contributed by atoms with Crippen LogP contribution in [0.4, 0.5) is 0 Å². The molecule has 1 atom stereocenters. The number of fused-ring (bicyclic) bond motifs is 1. The highest BCUT2D eigenvalue weighted by Gasteiger charge is 2.10. The quantitative estimate of drug-likeness (QED) is 0.0837. The number of carbonyl (C=O) groups is 1. The largest absolute Gasteiger partial charge is 0.494 e. The Morgan fingerprint density at radius 2 is 1.14 bits per heavy atom. The summed E-state index contributed by atoms with van der Waals surface area (Å²) in [6, 6.07) is 21.5. The summed E-state index contributed by atoms with van der Waals surface area (Å²) in [5, 5.41) is 2.50. The molecule has 0 unspecified atom stereocenters. The molecule has 0 spiro atoms. The van der Waals surface area contributed by atoms with Crippen LogP contribution in [-0.2, 0) is 12.8 Å². The minimum absolute atomic E-state index is 0.258. The first-order valence-corrected chi connectivity index (χ1v) is 17.4. The minimum atomic E-state index is 0.258. The maximum Gasteiger partial charge on any atom is 0.163 e. The van der Waals surface area contributed by atoms with E-state index in [0.29, 0.717) is 12.3 Å². The summed E-state index contributed by atoms with van der Waals surface area (Å²) in [5.41, 5.74) is 3.46. The van der Waals surface area contributed by atoms with Crippen molar-refractivity contribution in [1.82, 2.24) is 0 Å². The first-order chi connectivity index (χ1) is 20.6. The van der Waals surface area contributed by atoms with E-state index in [2.05, 4.69) is 69.3 Å². The number of benzene rings is 3. The fourth-order valence-electron chi connectivity index (χ4n) is 5.73. The number of ketones is 1. The van der Waals surface area contributed by atoms with E-state index in [1.807, 2.05) is 12.1 Å². The average molecular weight is 571 g/mol. The van der Waals surface area contributed by atoms with Crippen LogP contribution in [0.3, 0.4) is 0 Å². The van der Waals surface area contributed by atoms with Crippen molar-refractivity contribution in [2.45, 2.75) is 136 Å². The van der Waals surface area contributed by atoms with Gasteiger partial charge in [0.25, 0.3) is 0 Å². The molecule has 0 aliphatic rings. The summed E-state index contributed by atoms with van der Waals surface area (Å²) in [4.78, 5) is 12.4. The third kappa shape index (κ3) is 13.1. The van der Waals surface area contributed by atoms with Crippen LogP contribution in [0.5, 0.6) is 5.75 Å². The molecule has 2 nitrogen and oxygen atoms in total. The highest BCUT2D eigenvalue weighted by atomic mass is 16.5. The summed E-state index contributed by atoms with van der Waals surface area (Å²) < 4.78 is 6.09. The Bertz CT molecular complexity index is 1150. The molecule has 3 aromatic carbocycles. The molecule has 0 heterocycles. The van der Waals surface area contributed by atoms with E-state index in [0.717, 1.165) is 43.6 Å². The first kappa shape index (κ1) is 33.9. The van der Waals surface area contributed by atoms with Crippen molar-refractivity contribution in [3.05, 3.63) is 77.4 Å². The molecular weight excluding hydrogens is 512 g/mol. The molecule has 3 aromatic rings. The van der Waals surface area contributed by atoms with Crippen LogP contribution in [0.25, 0.3) is 10.8 Å². The number of hydrogen-bond donors (Lipinski definition) is 0. The summed E-state index contributed by atoms with van der Waals surface area (Å²) in [5.74, 6) is 1.68. The molecule has 0 radical (unpaired) electrons. The second kappa shape index (κ2) is 20.3. The van der Waals surface area contributed by atoms with Crippen LogP contribution >= 0.6 is 0 Å². The third-order valence-corrected chi connectivity index (χ3v) is 8.85. The molecule has 2 heteroatoms. The lowest BCUT2D eigenvalue weighted by atomic mass is 9.96. The number of ether oxygens (including phenoxy) is 1. The molecule has 0 aliphatic heterocycles. The number of hydrogen-bond acceptors (Lipinski definition) is 2. The van der Waals surface area contributed by atoms with E-state index in [1.165, 1.54) is 105 Å². The zero-order chi connectivity index (χ0) is 29.8. The van der Waals surface area contributed by atoms with Crippen LogP contribution in [0.1, 0.15) is 145 Å². The zero-order valence-corrected chi connectivity index (χ0v) is 27.1. The van der Waals surface area contributed by atoms with E-state index < -0.39 is 0 Å². The predicted octanol–water partition coefficient (Wildman–Crippen LogP) is 12.1. The van der Waals surface area contributed by atoms with Crippen LogP contribution in [0, 0.1) is 5.92 Å². The van der Waals surface area contributed by atoms with Crippen molar-refractivity contribution in [3.63, 3.8) is 0 Å². The molecule has 230 valence electrons. The Labute approximate surface area is 257 Å². The number of aryl methyl sites for hydroxylation is 2. The predicted molar refractivity (Wildman–Crippen MR) is 182 cm³/mol. The van der Waals surface area contributed by atoms with E-state index in [-0.39, 0.29) is 5.78 Å². The Balaban J connectivity index is 1.28. The second-order valence-corrected chi connectivity index (χ2v) is 12.6. The summed E-state index contributed by atoms with van der Waals surface area (Å²) in [6.07, 6.45) is 23.0. The molecular formula is C40H58O2. The average Bonchev–Trinajstić information content (AvgIpc) is 3.02. The fraction of sp³-hybridized carbons (Fsp3) is 0.575. The Morgan fingerprint density at radius 1 is 0.619 bits per heavy atom. The second-order valence-electron chi connectivity index (χ2n) is 12.6. The lowest BCUT2D eigenvalue weighted by Crippen LogP contribution is -2.05. The van der Waals surface area contributed by atoms with Gasteiger partial charge >= 0.3 is 0 Å². The van der Waals surface area contributed by atoms with Gasteiger partial charge in [0.15, 0.2) is 5.78 Å². The lowest BCUT2D eigenvalue weighted by Gasteiger charge is -2.09. The van der Waals surface area contributed by atoms with Crippen molar-refractivity contribution < 1.29 is 9.53 Å². The normalized spacial score (nSPS) is 12.1. The molecule has 0 saturated carbocycles. The maximum atomic E-state index is 12.4. The third-order valence-electron chi connectivity index (χ3n) is 8.85. The highest BCUT2D eigenvalue weighted by Crippen LogP contribution is 2.24. The molecule has 0 N–H and O–H groups in total. The summed E-state index contributed by atoms with van der Waals surface area (Å²) >= 11 is 0. The Kier molecular flexibility index (Phi) is 16.4. The smallest absolute Gasteiger partial charge is 0.163 e. The first-order valence-electron chi connectivity index (χ1n) is 17.4. The molecule has 0 aliphatic carbocycles. The van der Waals surface area contributed by atoms with Gasteiger partial charge in [0.1, 0.15) is 5.75 Å². The van der Waals surface area contributed by atoms with Gasteiger partial charge in [0, 0.05) is 12.0 Å². The molecule has 3 rings (SSSR count). The number of unbranched alkanes of at least 4 members (excludes halogenated alkanes) is 13. The van der Waals surface area contributed by atoms with E-state index >= 15 is 0 Å². The van der Waals surface area contributed by atoms with E-state index in [9.17, 15) is 4.79 Å². The highest BCUT2D eigenvalue weighted by molar-refractivity contribution is 5.96. The van der Waals surface area contributed by atoms with Crippen LogP contribution < -0.4 is 4.74 Å². The summed E-state index contributed by atoms with van der Waals surface area (Å²) in [7, 11) is 0. The molecule has 42 heavy (non-hydrogen) atoms. The van der Waals surface area contributed by atoms with Crippen LogP contribution in [-0.4, -0.2) is 12.4 Å². The topological polar surface area (TPSA) is 26.3 Å². The van der Waals surface area contributed by atoms with Gasteiger partial charge in [-0.25, -0.2) is 0 Å². The minimum Gasteiger partial charge on any atom is -0.494 e. The number of rotatable bonds is 23. The van der Waals surface area contributed by atoms with Gasteiger partial charge in [0.05, 0.1) is 6.61 Å². The molecule has 0 bridgehead atoms. The standard InChI is InChI=1S/C40H58O2/c1-4-6-7-8-9-10-11-12-13-14-15-16-17-18-29-42-39-28-27-37-31-35(23-26-38(37)32-39)20-19-34-21-24-36(25-22-34)40(41)30-33(3)5-2/h21-28,31-33H,4-20,29-30H2,1-3H3/t33-/m1/s1. The maximum absolute atomic E-state index is 12.4. The molecule has 0 saturated heterocycles. The number of Topliss-reactive ketones (excluding diaryl/α,β-unsaturated/α-hetero) is 1. The molecule has 0 amide bonds. The van der Waals surface area contributed by atoms with E-state index in [1.54, 1.807) is 0 Å². The fourth-order valence-corrected chi connectivity index (χ4v) is 5.73. The van der Waals surface area contributed by atoms with Gasteiger partial charge < -0.3 is 4.74 Å². The van der Waals surface area contributed by atoms with Gasteiger partial charge in [-0.05, 0) is 59.2 Å². The van der Waals surface area contributed by atoms with Gasteiger partial charge in [-0.1, -0.05) is 159 Å².